The number of aromatic nitrogens is 2. The van der Waals surface area contributed by atoms with Gasteiger partial charge in [-0.2, -0.15) is 0 Å². The van der Waals surface area contributed by atoms with Crippen LogP contribution in [0.4, 0.5) is 11.6 Å². The molecule has 10 heteroatoms. The number of anilines is 2. The highest BCUT2D eigenvalue weighted by Crippen LogP contribution is 2.28. The molecular formula is C30H42N6O4. The van der Waals surface area contributed by atoms with E-state index < -0.39 is 6.10 Å². The number of hydrogen-bond acceptors (Lipinski definition) is 8. The zero-order valence-corrected chi connectivity index (χ0v) is 23.7. The molecule has 216 valence electrons. The summed E-state index contributed by atoms with van der Waals surface area (Å²) >= 11 is 0. The van der Waals surface area contributed by atoms with Gasteiger partial charge >= 0.3 is 0 Å². The molecule has 2 fully saturated rings. The summed E-state index contributed by atoms with van der Waals surface area (Å²) in [5.41, 5.74) is 3.08. The SMILES string of the molecule is CC(=O)N1CCCCCCCN(C(=O)C2CN(c3ncccn3)CCO2)Cc2ccc(CN3CCOCC3)cc21. The monoisotopic (exact) mass is 550 g/mol. The van der Waals surface area contributed by atoms with Gasteiger partial charge in [-0.15, -0.1) is 0 Å². The molecule has 40 heavy (non-hydrogen) atoms. The number of hydrogen-bond donors (Lipinski definition) is 0. The molecule has 2 aromatic rings. The van der Waals surface area contributed by atoms with Crippen molar-refractivity contribution in [3.05, 3.63) is 47.8 Å². The molecule has 5 rings (SSSR count). The van der Waals surface area contributed by atoms with E-state index in [9.17, 15) is 9.59 Å². The first-order valence-electron chi connectivity index (χ1n) is 14.7. The topological polar surface area (TPSA) is 91.3 Å². The van der Waals surface area contributed by atoms with Gasteiger partial charge in [0.1, 0.15) is 0 Å². The van der Waals surface area contributed by atoms with E-state index in [-0.39, 0.29) is 11.8 Å². The molecule has 4 heterocycles. The van der Waals surface area contributed by atoms with Crippen molar-refractivity contribution in [2.75, 3.05) is 68.9 Å². The third-order valence-electron chi connectivity index (χ3n) is 7.99. The predicted octanol–water partition coefficient (Wildman–Crippen LogP) is 2.86. The summed E-state index contributed by atoms with van der Waals surface area (Å²) in [7, 11) is 0. The summed E-state index contributed by atoms with van der Waals surface area (Å²) in [6.07, 6.45) is 8.00. The third-order valence-corrected chi connectivity index (χ3v) is 7.99. The summed E-state index contributed by atoms with van der Waals surface area (Å²) in [6.45, 7) is 9.08. The van der Waals surface area contributed by atoms with Crippen LogP contribution in [0.25, 0.3) is 0 Å². The molecule has 1 unspecified atom stereocenters. The maximum atomic E-state index is 13.9. The molecule has 0 N–H and O–H groups in total. The van der Waals surface area contributed by atoms with Crippen molar-refractivity contribution in [2.24, 2.45) is 0 Å². The normalized spacial score (nSPS) is 21.7. The van der Waals surface area contributed by atoms with Crippen LogP contribution < -0.4 is 9.80 Å². The van der Waals surface area contributed by atoms with Crippen LogP contribution in [-0.2, 0) is 32.2 Å². The van der Waals surface area contributed by atoms with Crippen molar-refractivity contribution in [1.29, 1.82) is 0 Å². The Kier molecular flexibility index (Phi) is 9.96. The van der Waals surface area contributed by atoms with E-state index in [1.54, 1.807) is 25.4 Å². The summed E-state index contributed by atoms with van der Waals surface area (Å²) in [6, 6.07) is 8.20. The van der Waals surface area contributed by atoms with Gasteiger partial charge in [-0.05, 0) is 36.1 Å². The van der Waals surface area contributed by atoms with Gasteiger partial charge in [0.05, 0.1) is 26.4 Å². The lowest BCUT2D eigenvalue weighted by atomic mass is 10.0. The van der Waals surface area contributed by atoms with Crippen molar-refractivity contribution >= 4 is 23.5 Å². The standard InChI is InChI=1S/C30H42N6O4/c1-24(37)36-13-6-4-2-3-5-12-34(29(38)28-23-35(16-19-40-28)30-31-10-7-11-32-30)22-26-9-8-25(20-27(26)36)21-33-14-17-39-18-15-33/h7-11,20,28H,2-6,12-19,21-23H2,1H3. The molecule has 0 saturated carbocycles. The zero-order chi connectivity index (χ0) is 27.7. The van der Waals surface area contributed by atoms with Crippen molar-refractivity contribution in [3.8, 4) is 0 Å². The smallest absolute Gasteiger partial charge is 0.253 e. The number of rotatable bonds is 4. The van der Waals surface area contributed by atoms with E-state index in [1.165, 1.54) is 5.56 Å². The Morgan fingerprint density at radius 3 is 2.45 bits per heavy atom. The highest BCUT2D eigenvalue weighted by atomic mass is 16.5. The van der Waals surface area contributed by atoms with E-state index in [4.69, 9.17) is 9.47 Å². The Morgan fingerprint density at radius 2 is 1.68 bits per heavy atom. The fourth-order valence-electron chi connectivity index (χ4n) is 5.77. The minimum Gasteiger partial charge on any atom is -0.379 e. The van der Waals surface area contributed by atoms with Crippen molar-refractivity contribution < 1.29 is 19.1 Å². The van der Waals surface area contributed by atoms with Crippen molar-refractivity contribution in [1.82, 2.24) is 19.8 Å². The van der Waals surface area contributed by atoms with Gasteiger partial charge in [0.25, 0.3) is 5.91 Å². The molecule has 0 bridgehead atoms. The lowest BCUT2D eigenvalue weighted by molar-refractivity contribution is -0.145. The number of fused-ring (bicyclic) bond motifs is 1. The van der Waals surface area contributed by atoms with E-state index >= 15 is 0 Å². The van der Waals surface area contributed by atoms with Gasteiger partial charge in [-0.3, -0.25) is 14.5 Å². The van der Waals surface area contributed by atoms with Crippen LogP contribution in [0.15, 0.2) is 36.7 Å². The first-order valence-corrected chi connectivity index (χ1v) is 14.7. The van der Waals surface area contributed by atoms with Crippen LogP contribution >= 0.6 is 0 Å². The van der Waals surface area contributed by atoms with Crippen LogP contribution in [-0.4, -0.2) is 96.8 Å². The number of carbonyl (C=O) groups is 2. The van der Waals surface area contributed by atoms with Gasteiger partial charge in [-0.25, -0.2) is 9.97 Å². The molecule has 0 radical (unpaired) electrons. The Morgan fingerprint density at radius 1 is 0.925 bits per heavy atom. The van der Waals surface area contributed by atoms with E-state index in [0.717, 1.165) is 76.2 Å². The highest BCUT2D eigenvalue weighted by molar-refractivity contribution is 5.92. The fraction of sp³-hybridized carbons (Fsp3) is 0.600. The van der Waals surface area contributed by atoms with Crippen LogP contribution in [0, 0.1) is 0 Å². The second-order valence-corrected chi connectivity index (χ2v) is 10.9. The molecule has 10 nitrogen and oxygen atoms in total. The second kappa shape index (κ2) is 14.0. The summed E-state index contributed by atoms with van der Waals surface area (Å²) < 4.78 is 11.5. The molecule has 3 aliphatic heterocycles. The predicted molar refractivity (Wildman–Crippen MR) is 153 cm³/mol. The minimum absolute atomic E-state index is 0.0181. The van der Waals surface area contributed by atoms with E-state index in [2.05, 4.69) is 33.1 Å². The number of amides is 2. The molecule has 2 amide bonds. The number of carbonyl (C=O) groups excluding carboxylic acids is 2. The number of ether oxygens (including phenoxy) is 2. The zero-order valence-electron chi connectivity index (χ0n) is 23.7. The molecule has 0 spiro atoms. The third kappa shape index (κ3) is 7.35. The Bertz CT molecular complexity index is 1130. The highest BCUT2D eigenvalue weighted by Gasteiger charge is 2.32. The first-order chi connectivity index (χ1) is 19.6. The Balaban J connectivity index is 1.39. The van der Waals surface area contributed by atoms with E-state index in [0.29, 0.717) is 45.3 Å². The molecule has 2 saturated heterocycles. The molecule has 1 atom stereocenters. The lowest BCUT2D eigenvalue weighted by Gasteiger charge is -2.36. The minimum atomic E-state index is -0.585. The number of benzene rings is 1. The molecule has 0 aliphatic carbocycles. The first kappa shape index (κ1) is 28.4. The summed E-state index contributed by atoms with van der Waals surface area (Å²) in [4.78, 5) is 43.8. The summed E-state index contributed by atoms with van der Waals surface area (Å²) in [5.74, 6) is 0.636. The van der Waals surface area contributed by atoms with Crippen LogP contribution in [0.5, 0.6) is 0 Å². The maximum absolute atomic E-state index is 13.9. The quantitative estimate of drug-likeness (QED) is 0.574. The molecule has 3 aliphatic rings. The second-order valence-electron chi connectivity index (χ2n) is 10.9. The van der Waals surface area contributed by atoms with Crippen LogP contribution in [0.1, 0.15) is 50.2 Å². The van der Waals surface area contributed by atoms with E-state index in [1.807, 2.05) is 14.7 Å². The van der Waals surface area contributed by atoms with Gasteiger partial charge in [0, 0.05) is 70.8 Å². The fourth-order valence-corrected chi connectivity index (χ4v) is 5.77. The van der Waals surface area contributed by atoms with Gasteiger partial charge in [-0.1, -0.05) is 31.4 Å². The largest absolute Gasteiger partial charge is 0.379 e. The molecule has 1 aromatic carbocycles. The van der Waals surface area contributed by atoms with Crippen LogP contribution in [0.2, 0.25) is 0 Å². The molecular weight excluding hydrogens is 508 g/mol. The molecule has 1 aromatic heterocycles. The van der Waals surface area contributed by atoms with Gasteiger partial charge in [0.15, 0.2) is 6.10 Å². The van der Waals surface area contributed by atoms with Crippen LogP contribution in [0.3, 0.4) is 0 Å². The van der Waals surface area contributed by atoms with Crippen molar-refractivity contribution in [3.63, 3.8) is 0 Å². The van der Waals surface area contributed by atoms with Gasteiger partial charge in [0.2, 0.25) is 11.9 Å². The number of morpholine rings is 2. The lowest BCUT2D eigenvalue weighted by Crippen LogP contribution is -2.51. The Hall–Kier alpha value is -3.08. The Labute approximate surface area is 237 Å². The maximum Gasteiger partial charge on any atom is 0.253 e. The summed E-state index contributed by atoms with van der Waals surface area (Å²) in [5, 5.41) is 0. The van der Waals surface area contributed by atoms with Crippen molar-refractivity contribution in [2.45, 2.75) is 58.2 Å². The average molecular weight is 551 g/mol. The van der Waals surface area contributed by atoms with Gasteiger partial charge < -0.3 is 24.2 Å². The average Bonchev–Trinajstić information content (AvgIpc) is 2.98. The number of nitrogens with zero attached hydrogens (tertiary/aromatic N) is 6.